The van der Waals surface area contributed by atoms with Gasteiger partial charge in [-0.1, -0.05) is 0 Å². The van der Waals surface area contributed by atoms with Gasteiger partial charge in [-0.05, 0) is 53.1 Å². The first-order chi connectivity index (χ1) is 9.41. The van der Waals surface area contributed by atoms with Gasteiger partial charge >= 0.3 is 0 Å². The summed E-state index contributed by atoms with van der Waals surface area (Å²) in [4.78, 5) is 14.5. The fraction of sp³-hybridized carbons (Fsp3) is 0.733. The smallest absolute Gasteiger partial charge is 0.257 e. The molecule has 0 spiro atoms. The molecule has 1 fully saturated rings. The highest BCUT2D eigenvalue weighted by Gasteiger charge is 2.25. The highest BCUT2D eigenvalue weighted by atomic mass is 16.2. The van der Waals surface area contributed by atoms with Crippen LogP contribution < -0.4 is 5.32 Å². The number of nitrogens with one attached hydrogen (secondary N) is 1. The van der Waals surface area contributed by atoms with Crippen LogP contribution in [0, 0.1) is 5.92 Å². The molecule has 5 nitrogen and oxygen atoms in total. The Bertz CT molecular complexity index is 459. The molecule has 112 valence electrons. The van der Waals surface area contributed by atoms with Crippen molar-refractivity contribution in [2.75, 3.05) is 26.7 Å². The van der Waals surface area contributed by atoms with Gasteiger partial charge in [0.2, 0.25) is 0 Å². The largest absolute Gasteiger partial charge is 0.338 e. The Morgan fingerprint density at radius 1 is 1.50 bits per heavy atom. The van der Waals surface area contributed by atoms with Crippen molar-refractivity contribution in [3.63, 3.8) is 0 Å². The van der Waals surface area contributed by atoms with Crippen LogP contribution in [0.15, 0.2) is 12.4 Å². The maximum absolute atomic E-state index is 12.5. The third-order valence-electron chi connectivity index (χ3n) is 3.82. The van der Waals surface area contributed by atoms with Gasteiger partial charge in [0, 0.05) is 19.3 Å². The summed E-state index contributed by atoms with van der Waals surface area (Å²) in [7, 11) is 1.97. The first kappa shape index (κ1) is 15.0. The van der Waals surface area contributed by atoms with Crippen molar-refractivity contribution < 1.29 is 4.79 Å². The number of piperidine rings is 1. The standard InChI is InChI=1S/C15H26N4O/c1-15(2,3)19-11-13(9-17-19)14(20)18-7-5-6-12(10-18)8-16-4/h9,11-12,16H,5-8,10H2,1-4H3. The van der Waals surface area contributed by atoms with Gasteiger partial charge in [0.05, 0.1) is 17.3 Å². The molecule has 1 N–H and O–H groups in total. The quantitative estimate of drug-likeness (QED) is 0.915. The minimum absolute atomic E-state index is 0.0882. The SMILES string of the molecule is CNCC1CCCN(C(=O)c2cnn(C(C)(C)C)c2)C1. The summed E-state index contributed by atoms with van der Waals surface area (Å²) < 4.78 is 1.86. The molecule has 0 saturated carbocycles. The summed E-state index contributed by atoms with van der Waals surface area (Å²) >= 11 is 0. The van der Waals surface area contributed by atoms with Gasteiger partial charge < -0.3 is 10.2 Å². The van der Waals surface area contributed by atoms with E-state index < -0.39 is 0 Å². The normalized spacial score (nSPS) is 20.2. The number of carbonyl (C=O) groups excluding carboxylic acids is 1. The molecule has 1 unspecified atom stereocenters. The molecule has 2 rings (SSSR count). The van der Waals surface area contributed by atoms with Crippen molar-refractivity contribution in [3.05, 3.63) is 18.0 Å². The Morgan fingerprint density at radius 3 is 2.85 bits per heavy atom. The van der Waals surface area contributed by atoms with Gasteiger partial charge in [0.1, 0.15) is 0 Å². The summed E-state index contributed by atoms with van der Waals surface area (Å²) in [6, 6.07) is 0. The zero-order chi connectivity index (χ0) is 14.8. The molecule has 20 heavy (non-hydrogen) atoms. The van der Waals surface area contributed by atoms with Crippen molar-refractivity contribution in [3.8, 4) is 0 Å². The van der Waals surface area contributed by atoms with Gasteiger partial charge in [-0.2, -0.15) is 5.10 Å². The Morgan fingerprint density at radius 2 is 2.25 bits per heavy atom. The second-order valence-electron chi connectivity index (χ2n) is 6.66. The zero-order valence-electron chi connectivity index (χ0n) is 13.0. The van der Waals surface area contributed by atoms with Crippen LogP contribution in [-0.4, -0.2) is 47.3 Å². The number of hydrogen-bond acceptors (Lipinski definition) is 3. The third-order valence-corrected chi connectivity index (χ3v) is 3.82. The predicted octanol–water partition coefficient (Wildman–Crippen LogP) is 1.71. The monoisotopic (exact) mass is 278 g/mol. The Hall–Kier alpha value is -1.36. The third kappa shape index (κ3) is 3.39. The molecule has 1 saturated heterocycles. The van der Waals surface area contributed by atoms with E-state index in [2.05, 4.69) is 31.2 Å². The summed E-state index contributed by atoms with van der Waals surface area (Å²) in [5.74, 6) is 0.677. The zero-order valence-corrected chi connectivity index (χ0v) is 13.0. The van der Waals surface area contributed by atoms with Crippen LogP contribution >= 0.6 is 0 Å². The fourth-order valence-corrected chi connectivity index (χ4v) is 2.69. The fourth-order valence-electron chi connectivity index (χ4n) is 2.69. The minimum Gasteiger partial charge on any atom is -0.338 e. The maximum atomic E-state index is 12.5. The second kappa shape index (κ2) is 5.95. The molecular weight excluding hydrogens is 252 g/mol. The molecule has 1 amide bonds. The highest BCUT2D eigenvalue weighted by molar-refractivity contribution is 5.93. The molecule has 1 aliphatic heterocycles. The number of aromatic nitrogens is 2. The predicted molar refractivity (Wildman–Crippen MR) is 79.8 cm³/mol. The summed E-state index contributed by atoms with van der Waals surface area (Å²) in [6.45, 7) is 8.93. The molecular formula is C15H26N4O. The molecule has 0 aliphatic carbocycles. The van der Waals surface area contributed by atoms with Gasteiger partial charge in [-0.25, -0.2) is 0 Å². The Kier molecular flexibility index (Phi) is 4.48. The van der Waals surface area contributed by atoms with Crippen molar-refractivity contribution in [2.45, 2.75) is 39.2 Å². The van der Waals surface area contributed by atoms with E-state index in [0.717, 1.165) is 26.1 Å². The van der Waals surface area contributed by atoms with E-state index in [1.165, 1.54) is 6.42 Å². The van der Waals surface area contributed by atoms with Crippen molar-refractivity contribution in [1.82, 2.24) is 20.0 Å². The van der Waals surface area contributed by atoms with Crippen LogP contribution in [0.5, 0.6) is 0 Å². The second-order valence-corrected chi connectivity index (χ2v) is 6.66. The lowest BCUT2D eigenvalue weighted by molar-refractivity contribution is 0.0674. The van der Waals surface area contributed by atoms with Crippen LogP contribution in [0.1, 0.15) is 44.0 Å². The van der Waals surface area contributed by atoms with Gasteiger partial charge in [-0.3, -0.25) is 9.48 Å². The molecule has 1 atom stereocenters. The molecule has 0 bridgehead atoms. The van der Waals surface area contributed by atoms with Crippen LogP contribution in [0.3, 0.4) is 0 Å². The van der Waals surface area contributed by atoms with E-state index in [9.17, 15) is 4.79 Å². The molecule has 1 aromatic heterocycles. The number of carbonyl (C=O) groups is 1. The minimum atomic E-state index is -0.0882. The van der Waals surface area contributed by atoms with Gasteiger partial charge in [0.15, 0.2) is 0 Å². The van der Waals surface area contributed by atoms with Crippen molar-refractivity contribution in [2.24, 2.45) is 5.92 Å². The maximum Gasteiger partial charge on any atom is 0.257 e. The van der Waals surface area contributed by atoms with E-state index in [-0.39, 0.29) is 11.4 Å². The summed E-state index contributed by atoms with van der Waals surface area (Å²) in [6.07, 6.45) is 5.84. The Labute approximate surface area is 121 Å². The number of rotatable bonds is 3. The average molecular weight is 278 g/mol. The van der Waals surface area contributed by atoms with Crippen LogP contribution in [0.25, 0.3) is 0 Å². The topological polar surface area (TPSA) is 50.2 Å². The van der Waals surface area contributed by atoms with Crippen molar-refractivity contribution in [1.29, 1.82) is 0 Å². The Balaban J connectivity index is 2.05. The molecule has 1 aliphatic rings. The first-order valence-electron chi connectivity index (χ1n) is 7.41. The van der Waals surface area contributed by atoms with E-state index in [0.29, 0.717) is 11.5 Å². The van der Waals surface area contributed by atoms with Gasteiger partial charge in [0.25, 0.3) is 5.91 Å². The number of amides is 1. The van der Waals surface area contributed by atoms with Gasteiger partial charge in [-0.15, -0.1) is 0 Å². The number of likely N-dealkylation sites (tertiary alicyclic amines) is 1. The highest BCUT2D eigenvalue weighted by Crippen LogP contribution is 2.19. The number of hydrogen-bond donors (Lipinski definition) is 1. The molecule has 5 heteroatoms. The molecule has 0 aromatic carbocycles. The lowest BCUT2D eigenvalue weighted by Gasteiger charge is -2.32. The van der Waals surface area contributed by atoms with E-state index >= 15 is 0 Å². The average Bonchev–Trinajstić information content (AvgIpc) is 2.88. The van der Waals surface area contributed by atoms with E-state index in [4.69, 9.17) is 0 Å². The van der Waals surface area contributed by atoms with Crippen molar-refractivity contribution >= 4 is 5.91 Å². The lowest BCUT2D eigenvalue weighted by atomic mass is 9.97. The molecule has 0 radical (unpaired) electrons. The molecule has 1 aromatic rings. The number of nitrogens with zero attached hydrogens (tertiary/aromatic N) is 3. The lowest BCUT2D eigenvalue weighted by Crippen LogP contribution is -2.42. The van der Waals surface area contributed by atoms with Crippen LogP contribution in [-0.2, 0) is 5.54 Å². The van der Waals surface area contributed by atoms with Crippen LogP contribution in [0.4, 0.5) is 0 Å². The first-order valence-corrected chi connectivity index (χ1v) is 7.41. The van der Waals surface area contributed by atoms with E-state index in [1.807, 2.05) is 22.8 Å². The van der Waals surface area contributed by atoms with E-state index in [1.54, 1.807) is 6.20 Å². The molecule has 2 heterocycles. The van der Waals surface area contributed by atoms with Crippen LogP contribution in [0.2, 0.25) is 0 Å². The summed E-state index contributed by atoms with van der Waals surface area (Å²) in [5.41, 5.74) is 0.611. The summed E-state index contributed by atoms with van der Waals surface area (Å²) in [5, 5.41) is 7.52.